The quantitative estimate of drug-likeness (QED) is 0.526. The Hall–Kier alpha value is -1.70. The Bertz CT molecular complexity index is 542. The van der Waals surface area contributed by atoms with Crippen LogP contribution in [0.1, 0.15) is 55.8 Å². The number of unbranched alkanes of at least 4 members (excludes halogenated alkanes) is 4. The molecular weight excluding hydrogens is 234 g/mol. The van der Waals surface area contributed by atoms with E-state index in [2.05, 4.69) is 11.9 Å². The summed E-state index contributed by atoms with van der Waals surface area (Å²) in [5, 5.41) is 0.976. The Labute approximate surface area is 114 Å². The Morgan fingerprint density at radius 3 is 2.74 bits per heavy atom. The zero-order valence-corrected chi connectivity index (χ0v) is 11.6. The Morgan fingerprint density at radius 1 is 1.05 bits per heavy atom. The zero-order valence-electron chi connectivity index (χ0n) is 11.6. The van der Waals surface area contributed by atoms with Gasteiger partial charge in [0.15, 0.2) is 5.78 Å². The molecule has 2 nitrogen and oxygen atoms in total. The van der Waals surface area contributed by atoms with Crippen molar-refractivity contribution in [3.63, 3.8) is 0 Å². The number of carbonyl (C=O) groups is 1. The summed E-state index contributed by atoms with van der Waals surface area (Å²) in [7, 11) is 0. The highest BCUT2D eigenvalue weighted by Gasteiger charge is 2.09. The maximum Gasteiger partial charge on any atom is 0.163 e. The molecule has 0 atom stereocenters. The third kappa shape index (κ3) is 3.63. The van der Waals surface area contributed by atoms with Crippen molar-refractivity contribution in [1.29, 1.82) is 0 Å². The molecule has 0 fully saturated rings. The number of aromatic nitrogens is 1. The fourth-order valence-corrected chi connectivity index (χ4v) is 2.37. The van der Waals surface area contributed by atoms with E-state index in [1.807, 2.05) is 30.3 Å². The molecule has 0 saturated carbocycles. The van der Waals surface area contributed by atoms with Gasteiger partial charge in [0.05, 0.1) is 5.52 Å². The van der Waals surface area contributed by atoms with Crippen molar-refractivity contribution in [3.8, 4) is 0 Å². The van der Waals surface area contributed by atoms with Crippen molar-refractivity contribution in [2.45, 2.75) is 45.4 Å². The van der Waals surface area contributed by atoms with Crippen LogP contribution in [0.5, 0.6) is 0 Å². The lowest BCUT2D eigenvalue weighted by Gasteiger charge is -2.05. The van der Waals surface area contributed by atoms with Crippen LogP contribution in [-0.2, 0) is 0 Å². The molecule has 0 saturated heterocycles. The first kappa shape index (κ1) is 13.7. The molecule has 0 aliphatic carbocycles. The van der Waals surface area contributed by atoms with Crippen LogP contribution in [0.15, 0.2) is 36.5 Å². The number of benzene rings is 1. The van der Waals surface area contributed by atoms with Gasteiger partial charge >= 0.3 is 0 Å². The summed E-state index contributed by atoms with van der Waals surface area (Å²) in [6.07, 6.45) is 8.31. The molecule has 2 aromatic rings. The summed E-state index contributed by atoms with van der Waals surface area (Å²) >= 11 is 0. The monoisotopic (exact) mass is 255 g/mol. The van der Waals surface area contributed by atoms with Crippen molar-refractivity contribution in [2.24, 2.45) is 0 Å². The number of pyridine rings is 1. The van der Waals surface area contributed by atoms with Crippen LogP contribution >= 0.6 is 0 Å². The normalized spacial score (nSPS) is 10.8. The van der Waals surface area contributed by atoms with Crippen molar-refractivity contribution in [1.82, 2.24) is 4.98 Å². The first-order valence-electron chi connectivity index (χ1n) is 7.20. The van der Waals surface area contributed by atoms with Gasteiger partial charge in [-0.15, -0.1) is 0 Å². The molecule has 0 N–H and O–H groups in total. The van der Waals surface area contributed by atoms with E-state index in [9.17, 15) is 4.79 Å². The van der Waals surface area contributed by atoms with Crippen LogP contribution < -0.4 is 0 Å². The third-order valence-corrected chi connectivity index (χ3v) is 3.45. The van der Waals surface area contributed by atoms with E-state index in [1.54, 1.807) is 6.20 Å². The minimum absolute atomic E-state index is 0.245. The second-order valence-corrected chi connectivity index (χ2v) is 4.96. The van der Waals surface area contributed by atoms with Crippen LogP contribution in [0.25, 0.3) is 10.9 Å². The number of hydrogen-bond acceptors (Lipinski definition) is 2. The highest BCUT2D eigenvalue weighted by atomic mass is 16.1. The molecule has 2 rings (SSSR count). The lowest BCUT2D eigenvalue weighted by atomic mass is 10.00. The number of nitrogens with zero attached hydrogens (tertiary/aromatic N) is 1. The Kier molecular flexibility index (Phi) is 5.08. The molecule has 0 amide bonds. The predicted octanol–water partition coefficient (Wildman–Crippen LogP) is 4.78. The van der Waals surface area contributed by atoms with E-state index in [0.717, 1.165) is 29.3 Å². The number of fused-ring (bicyclic) bond motifs is 1. The van der Waals surface area contributed by atoms with Crippen molar-refractivity contribution in [2.75, 3.05) is 0 Å². The lowest BCUT2D eigenvalue weighted by molar-refractivity contribution is 0.0980. The van der Waals surface area contributed by atoms with Gasteiger partial charge in [-0.3, -0.25) is 9.78 Å². The molecule has 0 aliphatic rings. The maximum absolute atomic E-state index is 12.3. The van der Waals surface area contributed by atoms with Gasteiger partial charge in [0, 0.05) is 23.6 Å². The van der Waals surface area contributed by atoms with E-state index in [-0.39, 0.29) is 5.78 Å². The summed E-state index contributed by atoms with van der Waals surface area (Å²) in [5.41, 5.74) is 1.72. The molecule has 0 unspecified atom stereocenters. The summed E-state index contributed by atoms with van der Waals surface area (Å²) in [5.74, 6) is 0.245. The number of carbonyl (C=O) groups excluding carboxylic acids is 1. The second kappa shape index (κ2) is 7.03. The van der Waals surface area contributed by atoms with E-state index < -0.39 is 0 Å². The molecule has 0 aliphatic heterocycles. The minimum Gasteiger partial charge on any atom is -0.294 e. The topological polar surface area (TPSA) is 30.0 Å². The summed E-state index contributed by atoms with van der Waals surface area (Å²) in [4.78, 5) is 16.6. The number of ketones is 1. The third-order valence-electron chi connectivity index (χ3n) is 3.45. The molecule has 0 radical (unpaired) electrons. The molecule has 1 heterocycles. The van der Waals surface area contributed by atoms with E-state index in [0.29, 0.717) is 6.42 Å². The predicted molar refractivity (Wildman–Crippen MR) is 79.4 cm³/mol. The van der Waals surface area contributed by atoms with E-state index in [1.165, 1.54) is 19.3 Å². The van der Waals surface area contributed by atoms with Gasteiger partial charge in [0.2, 0.25) is 0 Å². The van der Waals surface area contributed by atoms with Crippen molar-refractivity contribution < 1.29 is 4.79 Å². The van der Waals surface area contributed by atoms with Crippen molar-refractivity contribution in [3.05, 3.63) is 42.1 Å². The fraction of sp³-hybridized carbons (Fsp3) is 0.412. The van der Waals surface area contributed by atoms with E-state index >= 15 is 0 Å². The number of rotatable bonds is 7. The molecule has 1 aromatic heterocycles. The zero-order chi connectivity index (χ0) is 13.5. The van der Waals surface area contributed by atoms with Gasteiger partial charge in [0.1, 0.15) is 0 Å². The maximum atomic E-state index is 12.3. The SMILES string of the molecule is CCCCCCCC(=O)c1cccc2ncccc12. The molecule has 0 bridgehead atoms. The van der Waals surface area contributed by atoms with Crippen LogP contribution in [0, 0.1) is 0 Å². The van der Waals surface area contributed by atoms with Crippen LogP contribution in [-0.4, -0.2) is 10.8 Å². The van der Waals surface area contributed by atoms with Gasteiger partial charge in [-0.05, 0) is 18.6 Å². The summed E-state index contributed by atoms with van der Waals surface area (Å²) < 4.78 is 0. The highest BCUT2D eigenvalue weighted by molar-refractivity contribution is 6.07. The Balaban J connectivity index is 2.01. The average Bonchev–Trinajstić information content (AvgIpc) is 2.46. The fourth-order valence-electron chi connectivity index (χ4n) is 2.37. The summed E-state index contributed by atoms with van der Waals surface area (Å²) in [6.45, 7) is 2.20. The minimum atomic E-state index is 0.245. The molecule has 19 heavy (non-hydrogen) atoms. The van der Waals surface area contributed by atoms with Crippen LogP contribution in [0.2, 0.25) is 0 Å². The molecular formula is C17H21NO. The smallest absolute Gasteiger partial charge is 0.163 e. The van der Waals surface area contributed by atoms with Crippen molar-refractivity contribution >= 4 is 16.7 Å². The standard InChI is InChI=1S/C17H21NO/c1-2-3-4-5-6-12-17(19)15-9-7-11-16-14(15)10-8-13-18-16/h7-11,13H,2-6,12H2,1H3. The van der Waals surface area contributed by atoms with Gasteiger partial charge < -0.3 is 0 Å². The number of Topliss-reactive ketones (excluding diaryl/α,β-unsaturated/α-hetero) is 1. The first-order valence-corrected chi connectivity index (χ1v) is 7.20. The van der Waals surface area contributed by atoms with Gasteiger partial charge in [-0.2, -0.15) is 0 Å². The van der Waals surface area contributed by atoms with Gasteiger partial charge in [0.25, 0.3) is 0 Å². The second-order valence-electron chi connectivity index (χ2n) is 4.96. The van der Waals surface area contributed by atoms with E-state index in [4.69, 9.17) is 0 Å². The van der Waals surface area contributed by atoms with Gasteiger partial charge in [-0.1, -0.05) is 50.8 Å². The van der Waals surface area contributed by atoms with Crippen LogP contribution in [0.3, 0.4) is 0 Å². The average molecular weight is 255 g/mol. The van der Waals surface area contributed by atoms with Crippen LogP contribution in [0.4, 0.5) is 0 Å². The van der Waals surface area contributed by atoms with Gasteiger partial charge in [-0.25, -0.2) is 0 Å². The lowest BCUT2D eigenvalue weighted by Crippen LogP contribution is -2.00. The largest absolute Gasteiger partial charge is 0.294 e. The molecule has 0 spiro atoms. The Morgan fingerprint density at radius 2 is 1.89 bits per heavy atom. The highest BCUT2D eigenvalue weighted by Crippen LogP contribution is 2.19. The number of hydrogen-bond donors (Lipinski definition) is 0. The first-order chi connectivity index (χ1) is 9.33. The summed E-state index contributed by atoms with van der Waals surface area (Å²) in [6, 6.07) is 9.65. The molecule has 2 heteroatoms. The molecule has 1 aromatic carbocycles. The molecule has 100 valence electrons.